The zero-order valence-corrected chi connectivity index (χ0v) is 16.0. The van der Waals surface area contributed by atoms with Crippen LogP contribution < -0.4 is 4.72 Å². The molecule has 0 atom stereocenters. The topological polar surface area (TPSA) is 79.4 Å². The number of aromatic nitrogens is 1. The fraction of sp³-hybridized carbons (Fsp3) is 0.158. The second-order valence-electron chi connectivity index (χ2n) is 6.23. The second-order valence-corrected chi connectivity index (χ2v) is 8.86. The second kappa shape index (κ2) is 7.13. The lowest BCUT2D eigenvalue weighted by atomic mass is 9.99. The van der Waals surface area contributed by atoms with Crippen LogP contribution in [0.1, 0.15) is 20.8 Å². The maximum absolute atomic E-state index is 12.6. The molecule has 0 aliphatic carbocycles. The highest BCUT2D eigenvalue weighted by atomic mass is 32.2. The molecule has 1 aliphatic rings. The first kappa shape index (κ1) is 17.7. The van der Waals surface area contributed by atoms with Crippen LogP contribution in [0.2, 0.25) is 0 Å². The van der Waals surface area contributed by atoms with E-state index in [-0.39, 0.29) is 10.8 Å². The molecule has 0 spiro atoms. The van der Waals surface area contributed by atoms with Gasteiger partial charge < -0.3 is 4.90 Å². The van der Waals surface area contributed by atoms with Gasteiger partial charge in [-0.05, 0) is 53.3 Å². The predicted molar refractivity (Wildman–Crippen MR) is 104 cm³/mol. The normalized spacial score (nSPS) is 13.9. The van der Waals surface area contributed by atoms with E-state index in [1.54, 1.807) is 23.1 Å². The fourth-order valence-electron chi connectivity index (χ4n) is 3.07. The molecule has 8 heteroatoms. The summed E-state index contributed by atoms with van der Waals surface area (Å²) in [6, 6.07) is 12.2. The lowest BCUT2D eigenvalue weighted by molar-refractivity contribution is 0.0739. The minimum absolute atomic E-state index is 0.0111. The van der Waals surface area contributed by atoms with E-state index >= 15 is 0 Å². The van der Waals surface area contributed by atoms with Crippen LogP contribution in [-0.4, -0.2) is 30.8 Å². The zero-order chi connectivity index (χ0) is 18.9. The van der Waals surface area contributed by atoms with E-state index in [2.05, 4.69) is 9.71 Å². The quantitative estimate of drug-likeness (QED) is 0.731. The molecule has 0 saturated heterocycles. The summed E-state index contributed by atoms with van der Waals surface area (Å²) in [6.45, 7) is 1.12. The van der Waals surface area contributed by atoms with E-state index in [9.17, 15) is 13.2 Å². The van der Waals surface area contributed by atoms with Crippen LogP contribution in [0.25, 0.3) is 0 Å². The van der Waals surface area contributed by atoms with Crippen molar-refractivity contribution in [2.45, 2.75) is 17.9 Å². The van der Waals surface area contributed by atoms with Crippen LogP contribution >= 0.6 is 11.3 Å². The van der Waals surface area contributed by atoms with Crippen LogP contribution in [0.3, 0.4) is 0 Å². The number of rotatable bonds is 4. The first-order valence-electron chi connectivity index (χ1n) is 8.40. The average Bonchev–Trinajstić information content (AvgIpc) is 3.22. The van der Waals surface area contributed by atoms with Crippen molar-refractivity contribution in [3.8, 4) is 0 Å². The van der Waals surface area contributed by atoms with Gasteiger partial charge in [-0.1, -0.05) is 12.1 Å². The molecular formula is C19H17N3O3S2. The lowest BCUT2D eigenvalue weighted by Gasteiger charge is -2.29. The minimum Gasteiger partial charge on any atom is -0.333 e. The van der Waals surface area contributed by atoms with Crippen LogP contribution in [0.15, 0.2) is 65.1 Å². The third kappa shape index (κ3) is 3.72. The summed E-state index contributed by atoms with van der Waals surface area (Å²) >= 11 is 1.43. The number of amides is 1. The SMILES string of the molecule is O=C(c1cccs1)N1CCc2ccc(NS(=O)(=O)c3cccnc3)cc2C1. The summed E-state index contributed by atoms with van der Waals surface area (Å²) in [6.07, 6.45) is 3.58. The number of hydrogen-bond donors (Lipinski definition) is 1. The largest absolute Gasteiger partial charge is 0.333 e. The number of anilines is 1. The number of carbonyl (C=O) groups is 1. The van der Waals surface area contributed by atoms with Crippen LogP contribution in [-0.2, 0) is 23.0 Å². The Balaban J connectivity index is 1.55. The number of nitrogens with zero attached hydrogens (tertiary/aromatic N) is 2. The Labute approximate surface area is 161 Å². The van der Waals surface area contributed by atoms with Gasteiger partial charge in [0.05, 0.1) is 4.88 Å². The summed E-state index contributed by atoms with van der Waals surface area (Å²) in [4.78, 5) is 19.1. The van der Waals surface area contributed by atoms with Gasteiger partial charge in [0.15, 0.2) is 0 Å². The summed E-state index contributed by atoms with van der Waals surface area (Å²) in [5.74, 6) is 0.0111. The number of nitrogens with one attached hydrogen (secondary N) is 1. The van der Waals surface area contributed by atoms with E-state index in [0.29, 0.717) is 23.7 Å². The van der Waals surface area contributed by atoms with Crippen LogP contribution in [0.4, 0.5) is 5.69 Å². The van der Waals surface area contributed by atoms with Crippen LogP contribution in [0.5, 0.6) is 0 Å². The molecule has 6 nitrogen and oxygen atoms in total. The number of hydrogen-bond acceptors (Lipinski definition) is 5. The van der Waals surface area contributed by atoms with Gasteiger partial charge in [-0.2, -0.15) is 0 Å². The van der Waals surface area contributed by atoms with Crippen LogP contribution in [0, 0.1) is 0 Å². The molecule has 2 aromatic heterocycles. The van der Waals surface area contributed by atoms with Crippen molar-refractivity contribution in [3.63, 3.8) is 0 Å². The van der Waals surface area contributed by atoms with Gasteiger partial charge in [0.1, 0.15) is 4.90 Å². The molecule has 3 aromatic rings. The standard InChI is InChI=1S/C19H17N3O3S2/c23-19(18-4-2-10-26-18)22-9-7-14-5-6-16(11-15(14)13-22)21-27(24,25)17-3-1-8-20-12-17/h1-6,8,10-12,21H,7,9,13H2. The molecule has 1 aromatic carbocycles. The Kier molecular flexibility index (Phi) is 4.67. The number of thiophene rings is 1. The monoisotopic (exact) mass is 399 g/mol. The Morgan fingerprint density at radius 1 is 1.15 bits per heavy atom. The fourth-order valence-corrected chi connectivity index (χ4v) is 4.77. The summed E-state index contributed by atoms with van der Waals surface area (Å²) in [7, 11) is -3.70. The molecular weight excluding hydrogens is 382 g/mol. The summed E-state index contributed by atoms with van der Waals surface area (Å²) < 4.78 is 27.6. The summed E-state index contributed by atoms with van der Waals surface area (Å²) in [5, 5.41) is 1.89. The first-order valence-corrected chi connectivity index (χ1v) is 10.8. The van der Waals surface area contributed by atoms with Gasteiger partial charge in [-0.3, -0.25) is 14.5 Å². The Hall–Kier alpha value is -2.71. The molecule has 27 heavy (non-hydrogen) atoms. The number of pyridine rings is 1. The van der Waals surface area contributed by atoms with Crippen molar-refractivity contribution >= 4 is 33.0 Å². The molecule has 0 saturated carbocycles. The molecule has 1 amide bonds. The third-order valence-electron chi connectivity index (χ3n) is 4.43. The lowest BCUT2D eigenvalue weighted by Crippen LogP contribution is -2.35. The molecule has 0 fully saturated rings. The van der Waals surface area contributed by atoms with E-state index in [1.807, 2.05) is 23.6 Å². The Morgan fingerprint density at radius 2 is 2.04 bits per heavy atom. The Morgan fingerprint density at radius 3 is 2.78 bits per heavy atom. The average molecular weight is 399 g/mol. The van der Waals surface area contributed by atoms with Crippen molar-refractivity contribution in [1.29, 1.82) is 0 Å². The molecule has 1 N–H and O–H groups in total. The van der Waals surface area contributed by atoms with E-state index in [4.69, 9.17) is 0 Å². The van der Waals surface area contributed by atoms with Crippen molar-refractivity contribution < 1.29 is 13.2 Å². The summed E-state index contributed by atoms with van der Waals surface area (Å²) in [5.41, 5.74) is 2.56. The maximum Gasteiger partial charge on any atom is 0.264 e. The molecule has 1 aliphatic heterocycles. The zero-order valence-electron chi connectivity index (χ0n) is 14.3. The van der Waals surface area contributed by atoms with Crippen molar-refractivity contribution in [2.24, 2.45) is 0 Å². The number of benzene rings is 1. The highest BCUT2D eigenvalue weighted by molar-refractivity contribution is 7.92. The van der Waals surface area contributed by atoms with Crippen molar-refractivity contribution in [3.05, 3.63) is 76.2 Å². The smallest absolute Gasteiger partial charge is 0.264 e. The molecule has 0 radical (unpaired) electrons. The maximum atomic E-state index is 12.6. The molecule has 0 bridgehead atoms. The Bertz CT molecular complexity index is 1060. The van der Waals surface area contributed by atoms with Crippen molar-refractivity contribution in [2.75, 3.05) is 11.3 Å². The van der Waals surface area contributed by atoms with Gasteiger partial charge in [0.25, 0.3) is 15.9 Å². The van der Waals surface area contributed by atoms with Gasteiger partial charge >= 0.3 is 0 Å². The van der Waals surface area contributed by atoms with E-state index < -0.39 is 10.0 Å². The predicted octanol–water partition coefficient (Wildman–Crippen LogP) is 3.14. The first-order chi connectivity index (χ1) is 13.0. The number of sulfonamides is 1. The highest BCUT2D eigenvalue weighted by Crippen LogP contribution is 2.26. The molecule has 4 rings (SSSR count). The van der Waals surface area contributed by atoms with Gasteiger partial charge in [0.2, 0.25) is 0 Å². The van der Waals surface area contributed by atoms with Gasteiger partial charge in [-0.25, -0.2) is 8.42 Å². The highest BCUT2D eigenvalue weighted by Gasteiger charge is 2.23. The third-order valence-corrected chi connectivity index (χ3v) is 6.66. The van der Waals surface area contributed by atoms with Gasteiger partial charge in [-0.15, -0.1) is 11.3 Å². The molecule has 3 heterocycles. The van der Waals surface area contributed by atoms with E-state index in [1.165, 1.54) is 29.8 Å². The van der Waals surface area contributed by atoms with E-state index in [0.717, 1.165) is 17.5 Å². The minimum atomic E-state index is -3.70. The number of carbonyl (C=O) groups excluding carboxylic acids is 1. The van der Waals surface area contributed by atoms with Crippen molar-refractivity contribution in [1.82, 2.24) is 9.88 Å². The molecule has 138 valence electrons. The molecule has 0 unspecified atom stereocenters. The van der Waals surface area contributed by atoms with Gasteiger partial charge in [0, 0.05) is 31.2 Å². The number of fused-ring (bicyclic) bond motifs is 1.